The van der Waals surface area contributed by atoms with Crippen LogP contribution >= 0.6 is 0 Å². The first-order chi connectivity index (χ1) is 6.09. The Morgan fingerprint density at radius 2 is 2.00 bits per heavy atom. The van der Waals surface area contributed by atoms with Gasteiger partial charge in [-0.3, -0.25) is 0 Å². The molecule has 3 heteroatoms. The fraction of sp³-hybridized carbons (Fsp3) is 0.300. The maximum Gasteiger partial charge on any atom is 0.123 e. The van der Waals surface area contributed by atoms with Crippen molar-refractivity contribution in [2.75, 3.05) is 0 Å². The zero-order valence-electron chi connectivity index (χ0n) is 7.55. The van der Waals surface area contributed by atoms with Crippen LogP contribution in [-0.4, -0.2) is 11.8 Å². The molecule has 0 bridgehead atoms. The highest BCUT2D eigenvalue weighted by Gasteiger charge is 2.03. The van der Waals surface area contributed by atoms with E-state index in [9.17, 15) is 4.39 Å². The smallest absolute Gasteiger partial charge is 0.123 e. The normalized spacial score (nSPS) is 12.5. The molecule has 2 nitrogen and oxygen atoms in total. The number of rotatable bonds is 3. The minimum atomic E-state index is -0.280. The van der Waals surface area contributed by atoms with Crippen LogP contribution in [0.5, 0.6) is 0 Å². The summed E-state index contributed by atoms with van der Waals surface area (Å²) >= 11 is 0. The largest absolute Gasteiger partial charge is 0.328 e. The van der Waals surface area contributed by atoms with Crippen LogP contribution in [0.25, 0.3) is 0 Å². The highest BCUT2D eigenvalue weighted by atomic mass is 19.1. The Kier molecular flexibility index (Phi) is 3.14. The third kappa shape index (κ3) is 2.95. The quantitative estimate of drug-likeness (QED) is 0.686. The van der Waals surface area contributed by atoms with Crippen molar-refractivity contribution in [3.05, 3.63) is 35.6 Å². The molecule has 1 rings (SSSR count). The van der Waals surface area contributed by atoms with Crippen molar-refractivity contribution in [2.45, 2.75) is 19.4 Å². The summed E-state index contributed by atoms with van der Waals surface area (Å²) in [5.74, 6) is -0.280. The number of nitrogens with one attached hydrogen (secondary N) is 1. The SMILES string of the molecule is C[C@@H](N)CC(=N)c1ccc(F)cc1. The van der Waals surface area contributed by atoms with Crippen LogP contribution in [0.4, 0.5) is 4.39 Å². The molecule has 13 heavy (non-hydrogen) atoms. The van der Waals surface area contributed by atoms with E-state index in [0.717, 1.165) is 5.56 Å². The average molecular weight is 180 g/mol. The summed E-state index contributed by atoms with van der Waals surface area (Å²) in [5.41, 5.74) is 6.73. The lowest BCUT2D eigenvalue weighted by molar-refractivity contribution is 0.627. The highest BCUT2D eigenvalue weighted by Crippen LogP contribution is 2.06. The Hall–Kier alpha value is -1.22. The molecule has 3 N–H and O–H groups in total. The average Bonchev–Trinajstić information content (AvgIpc) is 2.04. The Morgan fingerprint density at radius 3 is 2.46 bits per heavy atom. The third-order valence-corrected chi connectivity index (χ3v) is 1.72. The Bertz CT molecular complexity index is 290. The number of hydrogen-bond acceptors (Lipinski definition) is 2. The van der Waals surface area contributed by atoms with Gasteiger partial charge in [0, 0.05) is 18.2 Å². The molecule has 0 aromatic heterocycles. The summed E-state index contributed by atoms with van der Waals surface area (Å²) in [4.78, 5) is 0. The number of halogens is 1. The topological polar surface area (TPSA) is 49.9 Å². The van der Waals surface area contributed by atoms with E-state index in [2.05, 4.69) is 0 Å². The van der Waals surface area contributed by atoms with Crippen molar-refractivity contribution in [1.82, 2.24) is 0 Å². The number of nitrogens with two attached hydrogens (primary N) is 1. The van der Waals surface area contributed by atoms with Crippen LogP contribution in [0.3, 0.4) is 0 Å². The van der Waals surface area contributed by atoms with E-state index in [1.165, 1.54) is 12.1 Å². The van der Waals surface area contributed by atoms with Gasteiger partial charge in [0.1, 0.15) is 5.82 Å². The first-order valence-electron chi connectivity index (χ1n) is 4.18. The second-order valence-corrected chi connectivity index (χ2v) is 3.17. The van der Waals surface area contributed by atoms with Gasteiger partial charge in [0.15, 0.2) is 0 Å². The minimum Gasteiger partial charge on any atom is -0.328 e. The first kappa shape index (κ1) is 9.86. The summed E-state index contributed by atoms with van der Waals surface area (Å²) in [6.45, 7) is 1.85. The van der Waals surface area contributed by atoms with Crippen molar-refractivity contribution in [1.29, 1.82) is 5.41 Å². The number of benzene rings is 1. The van der Waals surface area contributed by atoms with E-state index in [0.29, 0.717) is 12.1 Å². The molecule has 1 atom stereocenters. The molecule has 70 valence electrons. The van der Waals surface area contributed by atoms with Crippen molar-refractivity contribution < 1.29 is 4.39 Å². The van der Waals surface area contributed by atoms with Gasteiger partial charge in [0.2, 0.25) is 0 Å². The molecular formula is C10H13FN2. The predicted octanol–water partition coefficient (Wildman–Crippen LogP) is 1.93. The number of hydrogen-bond donors (Lipinski definition) is 2. The van der Waals surface area contributed by atoms with E-state index in [4.69, 9.17) is 11.1 Å². The molecule has 0 amide bonds. The van der Waals surface area contributed by atoms with Crippen LogP contribution in [0.1, 0.15) is 18.9 Å². The summed E-state index contributed by atoms with van der Waals surface area (Å²) in [6, 6.07) is 5.87. The van der Waals surface area contributed by atoms with Gasteiger partial charge in [-0.05, 0) is 24.6 Å². The molecule has 0 aliphatic rings. The van der Waals surface area contributed by atoms with Crippen molar-refractivity contribution in [2.24, 2.45) is 5.73 Å². The zero-order chi connectivity index (χ0) is 9.84. The molecule has 0 unspecified atom stereocenters. The zero-order valence-corrected chi connectivity index (χ0v) is 7.55. The molecule has 0 spiro atoms. The maximum atomic E-state index is 12.5. The second-order valence-electron chi connectivity index (χ2n) is 3.17. The molecule has 1 aromatic rings. The molecule has 0 radical (unpaired) electrons. The van der Waals surface area contributed by atoms with Gasteiger partial charge >= 0.3 is 0 Å². The van der Waals surface area contributed by atoms with Crippen LogP contribution < -0.4 is 5.73 Å². The molecule has 1 aromatic carbocycles. The second kappa shape index (κ2) is 4.14. The molecule has 0 saturated heterocycles. The van der Waals surface area contributed by atoms with Crippen molar-refractivity contribution in [3.8, 4) is 0 Å². The van der Waals surface area contributed by atoms with Gasteiger partial charge in [-0.25, -0.2) is 4.39 Å². The van der Waals surface area contributed by atoms with Gasteiger partial charge in [0.25, 0.3) is 0 Å². The monoisotopic (exact) mass is 180 g/mol. The minimum absolute atomic E-state index is 0.0300. The Balaban J connectivity index is 2.72. The van der Waals surface area contributed by atoms with E-state index in [1.807, 2.05) is 6.92 Å². The summed E-state index contributed by atoms with van der Waals surface area (Å²) in [6.07, 6.45) is 0.519. The van der Waals surface area contributed by atoms with Crippen LogP contribution in [0.2, 0.25) is 0 Å². The van der Waals surface area contributed by atoms with Crippen molar-refractivity contribution in [3.63, 3.8) is 0 Å². The van der Waals surface area contributed by atoms with Gasteiger partial charge in [-0.2, -0.15) is 0 Å². The molecule has 0 fully saturated rings. The first-order valence-corrected chi connectivity index (χ1v) is 4.18. The summed E-state index contributed by atoms with van der Waals surface area (Å²) < 4.78 is 12.5. The maximum absolute atomic E-state index is 12.5. The van der Waals surface area contributed by atoms with Crippen molar-refractivity contribution >= 4 is 5.71 Å². The fourth-order valence-corrected chi connectivity index (χ4v) is 1.09. The van der Waals surface area contributed by atoms with E-state index >= 15 is 0 Å². The standard InChI is InChI=1S/C10H13FN2/c1-7(12)6-10(13)8-2-4-9(11)5-3-8/h2-5,7,13H,6,12H2,1H3/t7-/m1/s1. The molecule has 0 saturated carbocycles. The molecule has 0 aliphatic carbocycles. The van der Waals surface area contributed by atoms with E-state index in [-0.39, 0.29) is 11.9 Å². The van der Waals surface area contributed by atoms with Crippen LogP contribution in [0.15, 0.2) is 24.3 Å². The molecule has 0 heterocycles. The molecular weight excluding hydrogens is 167 g/mol. The lowest BCUT2D eigenvalue weighted by Crippen LogP contribution is -2.19. The predicted molar refractivity (Wildman–Crippen MR) is 51.5 cm³/mol. The van der Waals surface area contributed by atoms with E-state index < -0.39 is 0 Å². The van der Waals surface area contributed by atoms with Gasteiger partial charge < -0.3 is 11.1 Å². The lowest BCUT2D eigenvalue weighted by Gasteiger charge is -2.06. The van der Waals surface area contributed by atoms with Crippen LogP contribution in [-0.2, 0) is 0 Å². The molecule has 0 aliphatic heterocycles. The van der Waals surface area contributed by atoms with Crippen LogP contribution in [0, 0.1) is 11.2 Å². The lowest BCUT2D eigenvalue weighted by atomic mass is 10.0. The third-order valence-electron chi connectivity index (χ3n) is 1.72. The van der Waals surface area contributed by atoms with Gasteiger partial charge in [0.05, 0.1) is 0 Å². The fourth-order valence-electron chi connectivity index (χ4n) is 1.09. The van der Waals surface area contributed by atoms with E-state index in [1.54, 1.807) is 12.1 Å². The Labute approximate surface area is 77.1 Å². The summed E-state index contributed by atoms with van der Waals surface area (Å²) in [5, 5.41) is 7.63. The highest BCUT2D eigenvalue weighted by molar-refractivity contribution is 5.98. The summed E-state index contributed by atoms with van der Waals surface area (Å²) in [7, 11) is 0. The Morgan fingerprint density at radius 1 is 1.46 bits per heavy atom. The van der Waals surface area contributed by atoms with Gasteiger partial charge in [-0.1, -0.05) is 12.1 Å². The van der Waals surface area contributed by atoms with Gasteiger partial charge in [-0.15, -0.1) is 0 Å².